The Labute approximate surface area is 171 Å². The van der Waals surface area contributed by atoms with Crippen molar-refractivity contribution >= 4 is 11.9 Å². The summed E-state index contributed by atoms with van der Waals surface area (Å²) < 4.78 is 10.3. The summed E-state index contributed by atoms with van der Waals surface area (Å²) in [4.78, 5) is 22.5. The molecule has 29 heavy (non-hydrogen) atoms. The third kappa shape index (κ3) is 7.46. The lowest BCUT2D eigenvalue weighted by Gasteiger charge is -2.26. The third-order valence-corrected chi connectivity index (χ3v) is 4.25. The van der Waals surface area contributed by atoms with Crippen LogP contribution >= 0.6 is 0 Å². The van der Waals surface area contributed by atoms with Gasteiger partial charge in [-0.15, -0.1) is 0 Å². The van der Waals surface area contributed by atoms with E-state index in [-0.39, 0.29) is 12.5 Å². The van der Waals surface area contributed by atoms with Crippen molar-refractivity contribution in [1.29, 1.82) is 0 Å². The van der Waals surface area contributed by atoms with Crippen LogP contribution in [0, 0.1) is 0 Å². The number of ether oxygens (including phenoxy) is 2. The van der Waals surface area contributed by atoms with Crippen LogP contribution in [0.15, 0.2) is 48.5 Å². The van der Waals surface area contributed by atoms with Gasteiger partial charge in [0.2, 0.25) is 5.91 Å². The first-order chi connectivity index (χ1) is 13.6. The monoisotopic (exact) mass is 402 g/mol. The fraction of sp³-hybridized carbons (Fsp3) is 0.364. The number of carboxylic acids is 1. The van der Waals surface area contributed by atoms with E-state index in [0.717, 1.165) is 5.56 Å². The van der Waals surface area contributed by atoms with E-state index in [2.05, 4.69) is 5.32 Å². The van der Waals surface area contributed by atoms with E-state index in [4.69, 9.17) is 15.2 Å². The van der Waals surface area contributed by atoms with E-state index < -0.39 is 17.4 Å². The highest BCUT2D eigenvalue weighted by Crippen LogP contribution is 2.29. The Bertz CT molecular complexity index is 808. The molecule has 0 saturated heterocycles. The van der Waals surface area contributed by atoms with Gasteiger partial charge in [-0.3, -0.25) is 4.79 Å². The molecule has 0 spiro atoms. The van der Waals surface area contributed by atoms with E-state index in [0.29, 0.717) is 11.5 Å². The number of hydrogen-bond acceptors (Lipinski definition) is 5. The number of amides is 1. The molecule has 2 unspecified atom stereocenters. The van der Waals surface area contributed by atoms with Crippen molar-refractivity contribution in [3.05, 3.63) is 59.7 Å². The first kappa shape index (κ1) is 24.0. The smallest absolute Gasteiger partial charge is 0.329 e. The lowest BCUT2D eigenvalue weighted by molar-refractivity contribution is -0.146. The molecular weight excluding hydrogens is 372 g/mol. The average Bonchev–Trinajstić information content (AvgIpc) is 2.68. The maximum absolute atomic E-state index is 11.4. The predicted molar refractivity (Wildman–Crippen MR) is 112 cm³/mol. The molecule has 0 bridgehead atoms. The second kappa shape index (κ2) is 11.1. The van der Waals surface area contributed by atoms with Gasteiger partial charge in [0.1, 0.15) is 5.54 Å². The third-order valence-electron chi connectivity index (χ3n) is 4.25. The van der Waals surface area contributed by atoms with E-state index in [1.54, 1.807) is 18.2 Å². The molecule has 2 atom stereocenters. The molecule has 0 aromatic heterocycles. The van der Waals surface area contributed by atoms with Gasteiger partial charge in [-0.1, -0.05) is 36.4 Å². The van der Waals surface area contributed by atoms with Crippen molar-refractivity contribution < 1.29 is 24.2 Å². The highest BCUT2D eigenvalue weighted by atomic mass is 16.5. The Hall–Kier alpha value is -3.06. The van der Waals surface area contributed by atoms with Gasteiger partial charge < -0.3 is 25.6 Å². The van der Waals surface area contributed by atoms with Gasteiger partial charge in [-0.25, -0.2) is 4.79 Å². The van der Waals surface area contributed by atoms with Crippen LogP contribution in [0.3, 0.4) is 0 Å². The summed E-state index contributed by atoms with van der Waals surface area (Å²) in [6, 6.07) is 15.3. The van der Waals surface area contributed by atoms with Gasteiger partial charge in [0, 0.05) is 19.4 Å². The average molecular weight is 402 g/mol. The molecule has 4 N–H and O–H groups in total. The molecule has 0 radical (unpaired) electrons. The first-order valence-electron chi connectivity index (χ1n) is 9.16. The zero-order valence-electron chi connectivity index (χ0n) is 17.6. The number of methoxy groups -OCH3 is 2. The summed E-state index contributed by atoms with van der Waals surface area (Å²) in [7, 11) is 3.03. The summed E-state index contributed by atoms with van der Waals surface area (Å²) in [6.45, 7) is 4.73. The maximum Gasteiger partial charge on any atom is 0.329 e. The molecule has 2 aromatic rings. The Kier molecular flexibility index (Phi) is 9.15. The summed E-state index contributed by atoms with van der Waals surface area (Å²) in [6.07, 6.45) is 0.141. The number of rotatable bonds is 7. The molecule has 7 nitrogen and oxygen atoms in total. The van der Waals surface area contributed by atoms with Crippen LogP contribution in [0.2, 0.25) is 0 Å². The Morgan fingerprint density at radius 3 is 2.10 bits per heavy atom. The van der Waals surface area contributed by atoms with Crippen LogP contribution in [0.25, 0.3) is 0 Å². The SMILES string of the molecule is CC(N)c1ccccc1.COc1ccc(CC(C)(NC(C)=O)C(=O)O)cc1OC. The van der Waals surface area contributed by atoms with E-state index in [9.17, 15) is 14.7 Å². The first-order valence-corrected chi connectivity index (χ1v) is 9.16. The second-order valence-corrected chi connectivity index (χ2v) is 6.88. The number of hydrogen-bond donors (Lipinski definition) is 3. The van der Waals surface area contributed by atoms with Crippen molar-refractivity contribution in [3.63, 3.8) is 0 Å². The topological polar surface area (TPSA) is 111 Å². The van der Waals surface area contributed by atoms with E-state index in [1.807, 2.05) is 37.3 Å². The number of carboxylic acid groups (broad SMARTS) is 1. The van der Waals surface area contributed by atoms with E-state index in [1.165, 1.54) is 33.6 Å². The van der Waals surface area contributed by atoms with Crippen molar-refractivity contribution in [2.75, 3.05) is 14.2 Å². The van der Waals surface area contributed by atoms with Gasteiger partial charge in [-0.2, -0.15) is 0 Å². The standard InChI is InChI=1S/C14H19NO5.C8H11N/c1-9(16)15-14(2,13(17)18)8-10-5-6-11(19-3)12(7-10)20-4;1-7(9)8-5-3-2-4-6-8/h5-7H,8H2,1-4H3,(H,15,16)(H,17,18);2-7H,9H2,1H3. The van der Waals surface area contributed by atoms with Crippen molar-refractivity contribution in [2.24, 2.45) is 5.73 Å². The quantitative estimate of drug-likeness (QED) is 0.657. The highest BCUT2D eigenvalue weighted by Gasteiger charge is 2.34. The molecule has 0 saturated carbocycles. The normalized spacial score (nSPS) is 13.2. The molecule has 0 aliphatic rings. The van der Waals surface area contributed by atoms with Crippen molar-refractivity contribution in [3.8, 4) is 11.5 Å². The second-order valence-electron chi connectivity index (χ2n) is 6.88. The minimum atomic E-state index is -1.37. The number of nitrogens with two attached hydrogens (primary N) is 1. The number of nitrogens with one attached hydrogen (secondary N) is 1. The molecule has 0 aliphatic carbocycles. The fourth-order valence-corrected chi connectivity index (χ4v) is 2.72. The molecule has 0 heterocycles. The van der Waals surface area contributed by atoms with Crippen LogP contribution in [-0.4, -0.2) is 36.7 Å². The summed E-state index contributed by atoms with van der Waals surface area (Å²) in [5.74, 6) is -0.411. The number of carbonyl (C=O) groups is 2. The minimum Gasteiger partial charge on any atom is -0.493 e. The Balaban J connectivity index is 0.000000387. The fourth-order valence-electron chi connectivity index (χ4n) is 2.72. The summed E-state index contributed by atoms with van der Waals surface area (Å²) in [5, 5.41) is 11.8. The number of benzene rings is 2. The predicted octanol–water partition coefficient (Wildman–Crippen LogP) is 2.93. The van der Waals surface area contributed by atoms with Crippen LogP contribution in [-0.2, 0) is 16.0 Å². The molecular formula is C22H30N2O5. The lowest BCUT2D eigenvalue weighted by Crippen LogP contribution is -2.53. The zero-order valence-corrected chi connectivity index (χ0v) is 17.6. The van der Waals surface area contributed by atoms with Crippen molar-refractivity contribution in [1.82, 2.24) is 5.32 Å². The van der Waals surface area contributed by atoms with Gasteiger partial charge >= 0.3 is 5.97 Å². The van der Waals surface area contributed by atoms with Gasteiger partial charge in [-0.05, 0) is 37.1 Å². The number of carbonyl (C=O) groups excluding carboxylic acids is 1. The van der Waals surface area contributed by atoms with Crippen molar-refractivity contribution in [2.45, 2.75) is 38.8 Å². The molecule has 2 rings (SSSR count). The van der Waals surface area contributed by atoms with Crippen LogP contribution in [0.4, 0.5) is 0 Å². The van der Waals surface area contributed by atoms with Gasteiger partial charge in [0.15, 0.2) is 11.5 Å². The molecule has 2 aromatic carbocycles. The minimum absolute atomic E-state index is 0.141. The van der Waals surface area contributed by atoms with Crippen LogP contribution < -0.4 is 20.5 Å². The molecule has 1 amide bonds. The summed E-state index contributed by atoms with van der Waals surface area (Å²) >= 11 is 0. The molecule has 0 fully saturated rings. The highest BCUT2D eigenvalue weighted by molar-refractivity contribution is 5.85. The van der Waals surface area contributed by atoms with Crippen LogP contribution in [0.5, 0.6) is 11.5 Å². The van der Waals surface area contributed by atoms with Gasteiger partial charge in [0.25, 0.3) is 0 Å². The Morgan fingerprint density at radius 2 is 1.69 bits per heavy atom. The van der Waals surface area contributed by atoms with E-state index >= 15 is 0 Å². The Morgan fingerprint density at radius 1 is 1.10 bits per heavy atom. The van der Waals surface area contributed by atoms with Crippen LogP contribution in [0.1, 0.15) is 37.9 Å². The zero-order chi connectivity index (χ0) is 22.0. The maximum atomic E-state index is 11.4. The summed E-state index contributed by atoms with van der Waals surface area (Å²) in [5.41, 5.74) is 6.16. The van der Waals surface area contributed by atoms with Gasteiger partial charge in [0.05, 0.1) is 14.2 Å². The molecule has 158 valence electrons. The molecule has 0 aliphatic heterocycles. The lowest BCUT2D eigenvalue weighted by atomic mass is 9.92. The number of aliphatic carboxylic acids is 1. The molecule has 7 heteroatoms. The largest absolute Gasteiger partial charge is 0.493 e.